The van der Waals surface area contributed by atoms with E-state index in [0.717, 1.165) is 58.3 Å². The number of fused-ring (bicyclic) bond motifs is 1. The van der Waals surface area contributed by atoms with Gasteiger partial charge in [-0.3, -0.25) is 4.90 Å². The maximum Gasteiger partial charge on any atom is 0.0654 e. The van der Waals surface area contributed by atoms with Crippen molar-refractivity contribution in [1.29, 1.82) is 0 Å². The van der Waals surface area contributed by atoms with Gasteiger partial charge in [0.2, 0.25) is 0 Å². The van der Waals surface area contributed by atoms with E-state index in [2.05, 4.69) is 57.9 Å². The van der Waals surface area contributed by atoms with Crippen molar-refractivity contribution in [3.63, 3.8) is 0 Å². The molecule has 0 aromatic rings. The first-order valence-electron chi connectivity index (χ1n) is 12.1. The number of aliphatic hydroxyl groups excluding tert-OH is 1. The minimum atomic E-state index is -0.632. The summed E-state index contributed by atoms with van der Waals surface area (Å²) < 4.78 is 5.89. The Balaban J connectivity index is 1.73. The van der Waals surface area contributed by atoms with Gasteiger partial charge in [-0.1, -0.05) is 43.6 Å². The van der Waals surface area contributed by atoms with Crippen LogP contribution < -0.4 is 0 Å². The highest BCUT2D eigenvalue weighted by atomic mass is 16.5. The fourth-order valence-electron chi connectivity index (χ4n) is 4.77. The number of hydrogen-bond donors (Lipinski definition) is 2. The van der Waals surface area contributed by atoms with E-state index in [1.807, 2.05) is 6.92 Å². The number of nitrogens with zero attached hydrogens (tertiary/aromatic N) is 1. The van der Waals surface area contributed by atoms with Crippen LogP contribution in [0.2, 0.25) is 0 Å². The summed E-state index contributed by atoms with van der Waals surface area (Å²) in [6, 6.07) is 0. The molecule has 0 aromatic heterocycles. The molecule has 0 radical (unpaired) electrons. The summed E-state index contributed by atoms with van der Waals surface area (Å²) in [7, 11) is 2.15. The largest absolute Gasteiger partial charge is 0.392 e. The van der Waals surface area contributed by atoms with E-state index in [0.29, 0.717) is 18.3 Å². The number of ether oxygens (including phenoxy) is 1. The molecular weight excluding hydrogens is 374 g/mol. The summed E-state index contributed by atoms with van der Waals surface area (Å²) in [6.45, 7) is 13.3. The van der Waals surface area contributed by atoms with Crippen molar-refractivity contribution in [2.24, 2.45) is 17.8 Å². The standard InChI is InChI=1S/C26H47NO3/c1-7-8-12-26(5,29)13-9-10-22-23-18-20(17-21(23)19-24(22)28)11-15-30-16-14-27(6)25(2,3)4/h9-10,17,21-24,28-29H,7-8,11-16,18-19H2,1-6H3/b10-9+/t21-,22+,23-,24+,26-/m0/s1. The van der Waals surface area contributed by atoms with Crippen molar-refractivity contribution in [3.8, 4) is 0 Å². The molecule has 0 saturated heterocycles. The predicted molar refractivity (Wildman–Crippen MR) is 126 cm³/mol. The Morgan fingerprint density at radius 3 is 2.63 bits per heavy atom. The zero-order valence-corrected chi connectivity index (χ0v) is 20.4. The SMILES string of the molecule is CCCC[C@](C)(O)C/C=C/[C@@H]1[C@H]2CC(CCOCCN(C)C(C)(C)C)=C[C@H]2C[C@H]1O. The van der Waals surface area contributed by atoms with Crippen LogP contribution in [0.5, 0.6) is 0 Å². The molecule has 1 saturated carbocycles. The first kappa shape index (κ1) is 25.6. The van der Waals surface area contributed by atoms with Gasteiger partial charge in [-0.05, 0) is 78.7 Å². The Hall–Kier alpha value is -0.680. The highest BCUT2D eigenvalue weighted by Crippen LogP contribution is 2.48. The Kier molecular flexibility index (Phi) is 9.60. The topological polar surface area (TPSA) is 52.9 Å². The van der Waals surface area contributed by atoms with E-state index >= 15 is 0 Å². The lowest BCUT2D eigenvalue weighted by atomic mass is 9.88. The maximum atomic E-state index is 10.5. The van der Waals surface area contributed by atoms with Crippen LogP contribution >= 0.6 is 0 Å². The number of allylic oxidation sites excluding steroid dienone is 1. The molecule has 0 amide bonds. The third-order valence-electron chi connectivity index (χ3n) is 7.22. The lowest BCUT2D eigenvalue weighted by Gasteiger charge is -2.31. The van der Waals surface area contributed by atoms with Crippen LogP contribution in [0.3, 0.4) is 0 Å². The summed E-state index contributed by atoms with van der Waals surface area (Å²) in [5, 5.41) is 21.0. The van der Waals surface area contributed by atoms with E-state index in [1.54, 1.807) is 0 Å². The highest BCUT2D eigenvalue weighted by Gasteiger charge is 2.43. The van der Waals surface area contributed by atoms with Crippen LogP contribution in [-0.2, 0) is 4.74 Å². The van der Waals surface area contributed by atoms with Crippen molar-refractivity contribution < 1.29 is 14.9 Å². The van der Waals surface area contributed by atoms with Crippen molar-refractivity contribution in [1.82, 2.24) is 4.90 Å². The van der Waals surface area contributed by atoms with E-state index in [4.69, 9.17) is 4.74 Å². The average molecular weight is 422 g/mol. The molecule has 1 fully saturated rings. The molecule has 0 unspecified atom stereocenters. The maximum absolute atomic E-state index is 10.5. The van der Waals surface area contributed by atoms with Gasteiger partial charge in [0.25, 0.3) is 0 Å². The first-order chi connectivity index (χ1) is 14.0. The highest BCUT2D eigenvalue weighted by molar-refractivity contribution is 5.20. The molecule has 2 N–H and O–H groups in total. The van der Waals surface area contributed by atoms with Crippen LogP contribution in [-0.4, -0.2) is 59.2 Å². The van der Waals surface area contributed by atoms with Crippen LogP contribution in [0.25, 0.3) is 0 Å². The zero-order chi connectivity index (χ0) is 22.4. The van der Waals surface area contributed by atoms with Crippen molar-refractivity contribution in [2.75, 3.05) is 26.8 Å². The number of likely N-dealkylation sites (N-methyl/N-ethyl adjacent to an activating group) is 1. The lowest BCUT2D eigenvalue weighted by molar-refractivity contribution is 0.0513. The van der Waals surface area contributed by atoms with Crippen LogP contribution in [0.1, 0.15) is 79.6 Å². The third-order valence-corrected chi connectivity index (χ3v) is 7.22. The second-order valence-electron chi connectivity index (χ2n) is 10.9. The van der Waals surface area contributed by atoms with Crippen molar-refractivity contribution >= 4 is 0 Å². The average Bonchev–Trinajstić information content (AvgIpc) is 3.16. The van der Waals surface area contributed by atoms with Gasteiger partial charge in [-0.15, -0.1) is 0 Å². The first-order valence-corrected chi connectivity index (χ1v) is 12.1. The molecule has 5 atom stereocenters. The van der Waals surface area contributed by atoms with Gasteiger partial charge in [0, 0.05) is 18.0 Å². The van der Waals surface area contributed by atoms with Gasteiger partial charge in [0.15, 0.2) is 0 Å². The second-order valence-corrected chi connectivity index (χ2v) is 10.9. The molecule has 2 aliphatic rings. The molecule has 0 heterocycles. The van der Waals surface area contributed by atoms with Gasteiger partial charge in [-0.25, -0.2) is 0 Å². The van der Waals surface area contributed by atoms with Gasteiger partial charge in [0.1, 0.15) is 0 Å². The van der Waals surface area contributed by atoms with Gasteiger partial charge >= 0.3 is 0 Å². The molecular formula is C26H47NO3. The fourth-order valence-corrected chi connectivity index (χ4v) is 4.77. The molecule has 0 aliphatic heterocycles. The van der Waals surface area contributed by atoms with Gasteiger partial charge in [0.05, 0.1) is 24.9 Å². The summed E-state index contributed by atoms with van der Waals surface area (Å²) in [4.78, 5) is 2.32. The minimum absolute atomic E-state index is 0.182. The van der Waals surface area contributed by atoms with Gasteiger partial charge in [-0.2, -0.15) is 0 Å². The third kappa shape index (κ3) is 7.78. The molecule has 174 valence electrons. The molecule has 4 heteroatoms. The monoisotopic (exact) mass is 421 g/mol. The number of rotatable bonds is 12. The Morgan fingerprint density at radius 2 is 1.97 bits per heavy atom. The molecule has 4 nitrogen and oxygen atoms in total. The van der Waals surface area contributed by atoms with Crippen LogP contribution in [0, 0.1) is 17.8 Å². The molecule has 2 aliphatic carbocycles. The summed E-state index contributed by atoms with van der Waals surface area (Å²) in [5.41, 5.74) is 1.04. The number of hydrogen-bond acceptors (Lipinski definition) is 4. The van der Waals surface area contributed by atoms with Gasteiger partial charge < -0.3 is 14.9 Å². The van der Waals surface area contributed by atoms with E-state index in [1.165, 1.54) is 5.57 Å². The van der Waals surface area contributed by atoms with Crippen molar-refractivity contribution in [2.45, 2.75) is 96.8 Å². The summed E-state index contributed by atoms with van der Waals surface area (Å²) in [5.74, 6) is 1.23. The number of unbranched alkanes of at least 4 members (excludes halogenated alkanes) is 1. The summed E-state index contributed by atoms with van der Waals surface area (Å²) >= 11 is 0. The van der Waals surface area contributed by atoms with Crippen molar-refractivity contribution in [3.05, 3.63) is 23.8 Å². The minimum Gasteiger partial charge on any atom is -0.392 e. The normalized spacial score (nSPS) is 28.9. The second kappa shape index (κ2) is 11.3. The molecule has 0 aromatic carbocycles. The van der Waals surface area contributed by atoms with Crippen LogP contribution in [0.4, 0.5) is 0 Å². The lowest BCUT2D eigenvalue weighted by Crippen LogP contribution is -2.40. The van der Waals surface area contributed by atoms with Crippen LogP contribution in [0.15, 0.2) is 23.8 Å². The summed E-state index contributed by atoms with van der Waals surface area (Å²) in [6.07, 6.45) is 13.1. The Labute approximate surface area is 185 Å². The Bertz CT molecular complexity index is 575. The van der Waals surface area contributed by atoms with E-state index in [-0.39, 0.29) is 17.6 Å². The van der Waals surface area contributed by atoms with E-state index < -0.39 is 5.60 Å². The Morgan fingerprint density at radius 1 is 1.23 bits per heavy atom. The quantitative estimate of drug-likeness (QED) is 0.346. The zero-order valence-electron chi connectivity index (χ0n) is 20.4. The predicted octanol–water partition coefficient (Wildman–Crippen LogP) is 4.95. The molecule has 0 bridgehead atoms. The molecule has 0 spiro atoms. The number of aliphatic hydroxyl groups is 2. The molecule has 2 rings (SSSR count). The smallest absolute Gasteiger partial charge is 0.0654 e. The molecule has 30 heavy (non-hydrogen) atoms. The fraction of sp³-hybridized carbons (Fsp3) is 0.846. The van der Waals surface area contributed by atoms with E-state index in [9.17, 15) is 10.2 Å².